The van der Waals surface area contributed by atoms with Gasteiger partial charge in [0.1, 0.15) is 22.9 Å². The summed E-state index contributed by atoms with van der Waals surface area (Å²) in [6, 6.07) is 6.74. The van der Waals surface area contributed by atoms with Gasteiger partial charge in [-0.1, -0.05) is 19.9 Å². The number of anilines is 2. The number of piperazine rings is 1. The van der Waals surface area contributed by atoms with Gasteiger partial charge in [0.25, 0.3) is 0 Å². The molecule has 232 valence electrons. The van der Waals surface area contributed by atoms with Crippen molar-refractivity contribution in [3.8, 4) is 16.9 Å². The van der Waals surface area contributed by atoms with Gasteiger partial charge in [-0.25, -0.2) is 27.9 Å². The molecule has 12 heteroatoms. The molecule has 1 fully saturated rings. The van der Waals surface area contributed by atoms with Crippen LogP contribution in [0.25, 0.3) is 28.0 Å². The van der Waals surface area contributed by atoms with Crippen molar-refractivity contribution in [2.45, 2.75) is 66.0 Å². The van der Waals surface area contributed by atoms with Crippen molar-refractivity contribution in [3.63, 3.8) is 0 Å². The van der Waals surface area contributed by atoms with Crippen LogP contribution in [0.5, 0.6) is 0 Å². The number of hydrogen-bond acceptors (Lipinski definition) is 8. The van der Waals surface area contributed by atoms with Gasteiger partial charge < -0.3 is 20.3 Å². The summed E-state index contributed by atoms with van der Waals surface area (Å²) in [7, 11) is 0. The smallest absolute Gasteiger partial charge is 0.410 e. The largest absolute Gasteiger partial charge is 0.444 e. The number of amides is 1. The van der Waals surface area contributed by atoms with Gasteiger partial charge in [-0.05, 0) is 70.4 Å². The number of halogens is 2. The van der Waals surface area contributed by atoms with Crippen molar-refractivity contribution >= 4 is 28.6 Å². The summed E-state index contributed by atoms with van der Waals surface area (Å²) < 4.78 is 37.9. The summed E-state index contributed by atoms with van der Waals surface area (Å²) in [6.45, 7) is 13.9. The molecule has 4 heterocycles. The molecular weight excluding hydrogens is 568 g/mol. The van der Waals surface area contributed by atoms with Crippen molar-refractivity contribution in [2.24, 2.45) is 0 Å². The Bertz CT molecular complexity index is 1800. The third-order valence-electron chi connectivity index (χ3n) is 7.56. The van der Waals surface area contributed by atoms with Crippen LogP contribution in [0.15, 0.2) is 41.3 Å². The Morgan fingerprint density at radius 3 is 2.48 bits per heavy atom. The van der Waals surface area contributed by atoms with E-state index in [-0.39, 0.29) is 45.8 Å². The summed E-state index contributed by atoms with van der Waals surface area (Å²) in [5.74, 6) is -1.43. The van der Waals surface area contributed by atoms with Gasteiger partial charge in [0.2, 0.25) is 0 Å². The molecule has 1 aromatic carbocycles. The normalized spacial score (nSPS) is 15.7. The Morgan fingerprint density at radius 2 is 1.84 bits per heavy atom. The second-order valence-electron chi connectivity index (χ2n) is 12.4. The van der Waals surface area contributed by atoms with Crippen LogP contribution >= 0.6 is 0 Å². The maximum atomic E-state index is 16.0. The molecule has 1 amide bonds. The van der Waals surface area contributed by atoms with Gasteiger partial charge in [0, 0.05) is 37.6 Å². The number of ether oxygens (including phenoxy) is 1. The summed E-state index contributed by atoms with van der Waals surface area (Å²) in [6.07, 6.45) is 1.22. The molecule has 0 bridgehead atoms. The molecule has 2 N–H and O–H groups in total. The van der Waals surface area contributed by atoms with E-state index < -0.39 is 29.0 Å². The summed E-state index contributed by atoms with van der Waals surface area (Å²) in [4.78, 5) is 43.8. The monoisotopic (exact) mass is 605 g/mol. The van der Waals surface area contributed by atoms with Gasteiger partial charge in [0.15, 0.2) is 11.5 Å². The van der Waals surface area contributed by atoms with Crippen molar-refractivity contribution in [3.05, 3.63) is 69.9 Å². The molecular formula is C32H37F2N7O3. The van der Waals surface area contributed by atoms with E-state index in [1.54, 1.807) is 37.9 Å². The molecule has 1 aliphatic rings. The van der Waals surface area contributed by atoms with Gasteiger partial charge >= 0.3 is 11.8 Å². The second-order valence-corrected chi connectivity index (χ2v) is 12.4. The molecule has 0 radical (unpaired) electrons. The molecule has 0 spiro atoms. The molecule has 1 aliphatic heterocycles. The Morgan fingerprint density at radius 1 is 1.11 bits per heavy atom. The van der Waals surface area contributed by atoms with Crippen LogP contribution in [-0.4, -0.2) is 61.8 Å². The number of fused-ring (bicyclic) bond motifs is 1. The average molecular weight is 606 g/mol. The van der Waals surface area contributed by atoms with E-state index in [0.29, 0.717) is 31.0 Å². The lowest BCUT2D eigenvalue weighted by Crippen LogP contribution is -2.55. The van der Waals surface area contributed by atoms with Gasteiger partial charge in [-0.3, -0.25) is 4.98 Å². The number of carbonyl (C=O) groups is 1. The second kappa shape index (κ2) is 11.5. The highest BCUT2D eigenvalue weighted by atomic mass is 19.1. The van der Waals surface area contributed by atoms with Gasteiger partial charge in [0.05, 0.1) is 22.3 Å². The van der Waals surface area contributed by atoms with Crippen molar-refractivity contribution in [1.82, 2.24) is 24.4 Å². The molecule has 1 saturated heterocycles. The first-order valence-corrected chi connectivity index (χ1v) is 14.6. The topological polar surface area (TPSA) is 119 Å². The zero-order chi connectivity index (χ0) is 32.1. The fourth-order valence-electron chi connectivity index (χ4n) is 5.54. The Hall–Kier alpha value is -4.61. The molecule has 5 rings (SSSR count). The molecule has 4 aromatic rings. The number of aryl methyl sites for hydroxylation is 1. The minimum absolute atomic E-state index is 0.00578. The number of carbonyl (C=O) groups excluding carboxylic acids is 1. The fraction of sp³-hybridized carbons (Fsp3) is 0.406. The molecule has 0 unspecified atom stereocenters. The van der Waals surface area contributed by atoms with Crippen LogP contribution in [-0.2, 0) is 4.74 Å². The number of aromatic nitrogens is 4. The number of nitrogens with two attached hydrogens (primary N) is 1. The molecule has 44 heavy (non-hydrogen) atoms. The summed E-state index contributed by atoms with van der Waals surface area (Å²) in [5.41, 5.74) is 6.18. The summed E-state index contributed by atoms with van der Waals surface area (Å²) >= 11 is 0. The van der Waals surface area contributed by atoms with Crippen molar-refractivity contribution in [1.29, 1.82) is 0 Å². The first-order chi connectivity index (χ1) is 20.7. The quantitative estimate of drug-likeness (QED) is 0.300. The predicted molar refractivity (Wildman–Crippen MR) is 166 cm³/mol. The van der Waals surface area contributed by atoms with Crippen LogP contribution in [0, 0.1) is 18.6 Å². The SMILES string of the molecule is Cc1ccnc(C(C)C)c1-n1c(=O)nc(N2CCN(C(=O)OC(C)(C)C)C[C@@H]2C)c2cc(F)c(-c3c(N)cccc3F)nc21. The highest BCUT2D eigenvalue weighted by Crippen LogP contribution is 2.35. The lowest BCUT2D eigenvalue weighted by Gasteiger charge is -2.41. The molecule has 1 atom stereocenters. The van der Waals surface area contributed by atoms with Gasteiger partial charge in [-0.2, -0.15) is 4.98 Å². The van der Waals surface area contributed by atoms with E-state index in [0.717, 1.165) is 5.56 Å². The number of nitrogens with zero attached hydrogens (tertiary/aromatic N) is 6. The Kier molecular flexibility index (Phi) is 8.04. The van der Waals surface area contributed by atoms with E-state index >= 15 is 8.78 Å². The summed E-state index contributed by atoms with van der Waals surface area (Å²) in [5, 5.41) is 0.247. The fourth-order valence-corrected chi connectivity index (χ4v) is 5.54. The number of nitrogen functional groups attached to an aromatic ring is 1. The number of pyridine rings is 2. The zero-order valence-electron chi connectivity index (χ0n) is 26.0. The van der Waals surface area contributed by atoms with E-state index in [1.807, 2.05) is 32.6 Å². The number of rotatable bonds is 4. The minimum Gasteiger partial charge on any atom is -0.444 e. The van der Waals surface area contributed by atoms with Gasteiger partial charge in [-0.15, -0.1) is 0 Å². The zero-order valence-corrected chi connectivity index (χ0v) is 26.0. The maximum Gasteiger partial charge on any atom is 0.410 e. The number of hydrogen-bond donors (Lipinski definition) is 1. The minimum atomic E-state index is -0.824. The van der Waals surface area contributed by atoms with Crippen molar-refractivity contribution < 1.29 is 18.3 Å². The maximum absolute atomic E-state index is 16.0. The average Bonchev–Trinajstić information content (AvgIpc) is 2.92. The standard InChI is InChI=1S/C32H37F2N7O3/c1-17(2)25-27(18(3)11-12-36-25)41-29-20(15-22(34)26(37-29)24-21(33)9-8-10-23(24)35)28(38-30(41)42)40-14-13-39(16-19(40)4)31(43)44-32(5,6)7/h8-12,15,17,19H,13-14,16,35H2,1-7H3/t19-/m0/s1. The highest BCUT2D eigenvalue weighted by Gasteiger charge is 2.33. The van der Waals surface area contributed by atoms with E-state index in [4.69, 9.17) is 10.5 Å². The number of benzene rings is 1. The molecule has 3 aromatic heterocycles. The van der Waals surface area contributed by atoms with Crippen LogP contribution in [0.3, 0.4) is 0 Å². The Balaban J connectivity index is 1.74. The van der Waals surface area contributed by atoms with E-state index in [2.05, 4.69) is 15.0 Å². The third-order valence-corrected chi connectivity index (χ3v) is 7.56. The van der Waals surface area contributed by atoms with Crippen LogP contribution < -0.4 is 16.3 Å². The Labute approximate surface area is 254 Å². The first-order valence-electron chi connectivity index (χ1n) is 14.6. The predicted octanol–water partition coefficient (Wildman–Crippen LogP) is 5.58. The van der Waals surface area contributed by atoms with Crippen LogP contribution in [0.2, 0.25) is 0 Å². The van der Waals surface area contributed by atoms with Crippen LogP contribution in [0.1, 0.15) is 58.7 Å². The lowest BCUT2D eigenvalue weighted by molar-refractivity contribution is 0.0218. The lowest BCUT2D eigenvalue weighted by atomic mass is 10.0. The third kappa shape index (κ3) is 5.68. The van der Waals surface area contributed by atoms with Crippen molar-refractivity contribution in [2.75, 3.05) is 30.3 Å². The first kappa shape index (κ1) is 30.8. The molecule has 0 aliphatic carbocycles. The highest BCUT2D eigenvalue weighted by molar-refractivity contribution is 5.91. The van der Waals surface area contributed by atoms with Crippen LogP contribution in [0.4, 0.5) is 25.1 Å². The van der Waals surface area contributed by atoms with E-state index in [1.165, 1.54) is 28.8 Å². The molecule has 10 nitrogen and oxygen atoms in total. The molecule has 0 saturated carbocycles. The van der Waals surface area contributed by atoms with E-state index in [9.17, 15) is 9.59 Å².